The summed E-state index contributed by atoms with van der Waals surface area (Å²) in [4.78, 5) is 16.7. The van der Waals surface area contributed by atoms with Crippen molar-refractivity contribution < 1.29 is 4.79 Å². The summed E-state index contributed by atoms with van der Waals surface area (Å²) >= 11 is 5.92. The lowest BCUT2D eigenvalue weighted by Crippen LogP contribution is -2.16. The normalized spacial score (nSPS) is 10.7. The molecule has 3 N–H and O–H groups in total. The number of para-hydroxylation sites is 1. The Labute approximate surface area is 139 Å². The minimum absolute atomic E-state index is 0.128. The highest BCUT2D eigenvalue weighted by atomic mass is 35.5. The third kappa shape index (κ3) is 3.43. The van der Waals surface area contributed by atoms with Gasteiger partial charge in [-0.1, -0.05) is 29.8 Å². The second kappa shape index (κ2) is 6.26. The number of nitrogens with one attached hydrogen (secondary N) is 1. The molecule has 2 aromatic carbocycles. The Kier molecular flexibility index (Phi) is 4.17. The zero-order valence-electron chi connectivity index (χ0n) is 12.6. The van der Waals surface area contributed by atoms with Crippen LogP contribution in [0.4, 0.5) is 11.4 Å². The van der Waals surface area contributed by atoms with Gasteiger partial charge in [-0.05, 0) is 42.8 Å². The molecule has 3 aromatic rings. The van der Waals surface area contributed by atoms with Crippen LogP contribution in [0.15, 0.2) is 48.5 Å². The van der Waals surface area contributed by atoms with Gasteiger partial charge in [0.25, 0.3) is 0 Å². The predicted octanol–water partition coefficient (Wildman–Crippen LogP) is 3.96. The van der Waals surface area contributed by atoms with Gasteiger partial charge in [0.05, 0.1) is 23.3 Å². The zero-order valence-corrected chi connectivity index (χ0v) is 13.4. The molecule has 0 saturated carbocycles. The summed E-state index contributed by atoms with van der Waals surface area (Å²) in [6, 6.07) is 14.8. The van der Waals surface area contributed by atoms with Crippen LogP contribution >= 0.6 is 11.6 Å². The molecule has 0 aliphatic carbocycles. The number of carbonyl (C=O) groups excluding carboxylic acids is 1. The first-order valence-corrected chi connectivity index (χ1v) is 7.61. The van der Waals surface area contributed by atoms with Gasteiger partial charge in [0, 0.05) is 16.1 Å². The highest BCUT2D eigenvalue weighted by Gasteiger charge is 2.09. The lowest BCUT2D eigenvalue weighted by Gasteiger charge is -2.09. The molecule has 5 heteroatoms. The maximum Gasteiger partial charge on any atom is 0.230 e. The van der Waals surface area contributed by atoms with E-state index in [-0.39, 0.29) is 12.3 Å². The standard InChI is InChI=1S/C18H16ClN3O/c1-11-9-13(19)6-8-16(11)22-17(23)10-14-7-5-12-3-2-4-15(20)18(12)21-14/h2-9H,10,20H2,1H3,(H,22,23). The van der Waals surface area contributed by atoms with E-state index in [1.54, 1.807) is 18.2 Å². The van der Waals surface area contributed by atoms with Gasteiger partial charge in [-0.25, -0.2) is 0 Å². The maximum atomic E-state index is 12.2. The maximum absolute atomic E-state index is 12.2. The van der Waals surface area contributed by atoms with Crippen molar-refractivity contribution >= 4 is 39.8 Å². The van der Waals surface area contributed by atoms with Crippen molar-refractivity contribution in [2.45, 2.75) is 13.3 Å². The van der Waals surface area contributed by atoms with Gasteiger partial charge in [0.15, 0.2) is 0 Å². The molecule has 4 nitrogen and oxygen atoms in total. The number of nitrogens with zero attached hydrogens (tertiary/aromatic N) is 1. The topological polar surface area (TPSA) is 68.0 Å². The number of fused-ring (bicyclic) bond motifs is 1. The number of halogens is 1. The Morgan fingerprint density at radius 1 is 1.22 bits per heavy atom. The van der Waals surface area contributed by atoms with Crippen LogP contribution in [0, 0.1) is 6.92 Å². The first-order valence-electron chi connectivity index (χ1n) is 7.23. The molecular formula is C18H16ClN3O. The fourth-order valence-corrected chi connectivity index (χ4v) is 2.66. The summed E-state index contributed by atoms with van der Waals surface area (Å²) in [5.41, 5.74) is 9.62. The summed E-state index contributed by atoms with van der Waals surface area (Å²) in [7, 11) is 0. The number of benzene rings is 2. The largest absolute Gasteiger partial charge is 0.397 e. The van der Waals surface area contributed by atoms with Crippen LogP contribution in [-0.2, 0) is 11.2 Å². The fourth-order valence-electron chi connectivity index (χ4n) is 2.44. The third-order valence-corrected chi connectivity index (χ3v) is 3.85. The lowest BCUT2D eigenvalue weighted by atomic mass is 10.1. The van der Waals surface area contributed by atoms with Crippen molar-refractivity contribution in [2.24, 2.45) is 0 Å². The molecule has 0 unspecified atom stereocenters. The molecule has 1 aromatic heterocycles. The molecule has 0 spiro atoms. The van der Waals surface area contributed by atoms with Crippen LogP contribution in [0.5, 0.6) is 0 Å². The molecule has 0 saturated heterocycles. The van der Waals surface area contributed by atoms with Crippen LogP contribution in [0.2, 0.25) is 5.02 Å². The fraction of sp³-hybridized carbons (Fsp3) is 0.111. The van der Waals surface area contributed by atoms with Gasteiger partial charge in [-0.2, -0.15) is 0 Å². The molecule has 0 radical (unpaired) electrons. The summed E-state index contributed by atoms with van der Waals surface area (Å²) in [6.45, 7) is 1.90. The number of nitrogen functional groups attached to an aromatic ring is 1. The summed E-state index contributed by atoms with van der Waals surface area (Å²) in [6.07, 6.45) is 0.187. The molecule has 0 aliphatic rings. The summed E-state index contributed by atoms with van der Waals surface area (Å²) < 4.78 is 0. The molecule has 0 atom stereocenters. The lowest BCUT2D eigenvalue weighted by molar-refractivity contribution is -0.115. The van der Waals surface area contributed by atoms with Crippen molar-refractivity contribution in [3.8, 4) is 0 Å². The van der Waals surface area contributed by atoms with E-state index in [4.69, 9.17) is 17.3 Å². The Bertz CT molecular complexity index is 893. The highest BCUT2D eigenvalue weighted by molar-refractivity contribution is 6.30. The van der Waals surface area contributed by atoms with Crippen LogP contribution in [-0.4, -0.2) is 10.9 Å². The molecule has 0 fully saturated rings. The summed E-state index contributed by atoms with van der Waals surface area (Å²) in [5.74, 6) is -0.128. The van der Waals surface area contributed by atoms with Crippen LogP contribution in [0.1, 0.15) is 11.3 Å². The number of anilines is 2. The molecular weight excluding hydrogens is 310 g/mol. The van der Waals surface area contributed by atoms with Gasteiger partial charge in [-0.15, -0.1) is 0 Å². The number of hydrogen-bond donors (Lipinski definition) is 2. The van der Waals surface area contributed by atoms with Gasteiger partial charge in [0.1, 0.15) is 0 Å². The number of rotatable bonds is 3. The summed E-state index contributed by atoms with van der Waals surface area (Å²) in [5, 5.41) is 4.49. The first kappa shape index (κ1) is 15.3. The highest BCUT2D eigenvalue weighted by Crippen LogP contribution is 2.21. The molecule has 23 heavy (non-hydrogen) atoms. The number of aryl methyl sites for hydroxylation is 1. The molecule has 1 amide bonds. The molecule has 1 heterocycles. The van der Waals surface area contributed by atoms with Crippen LogP contribution < -0.4 is 11.1 Å². The van der Waals surface area contributed by atoms with Gasteiger partial charge in [-0.3, -0.25) is 9.78 Å². The molecule has 116 valence electrons. The Hall–Kier alpha value is -2.59. The Morgan fingerprint density at radius 2 is 2.04 bits per heavy atom. The second-order valence-corrected chi connectivity index (χ2v) is 5.84. The first-order chi connectivity index (χ1) is 11.0. The SMILES string of the molecule is Cc1cc(Cl)ccc1NC(=O)Cc1ccc2cccc(N)c2n1. The number of amides is 1. The van der Waals surface area contributed by atoms with Crippen LogP contribution in [0.3, 0.4) is 0 Å². The number of hydrogen-bond acceptors (Lipinski definition) is 3. The van der Waals surface area contributed by atoms with E-state index in [9.17, 15) is 4.79 Å². The van der Waals surface area contributed by atoms with E-state index in [1.165, 1.54) is 0 Å². The molecule has 0 aliphatic heterocycles. The van der Waals surface area contributed by atoms with Crippen molar-refractivity contribution in [2.75, 3.05) is 11.1 Å². The van der Waals surface area contributed by atoms with E-state index in [0.717, 1.165) is 22.2 Å². The van der Waals surface area contributed by atoms with E-state index in [0.29, 0.717) is 16.4 Å². The molecule has 0 bridgehead atoms. The predicted molar refractivity (Wildman–Crippen MR) is 94.7 cm³/mol. The molecule has 3 rings (SSSR count). The van der Waals surface area contributed by atoms with Crippen molar-refractivity contribution in [3.63, 3.8) is 0 Å². The smallest absolute Gasteiger partial charge is 0.230 e. The minimum Gasteiger partial charge on any atom is -0.397 e. The van der Waals surface area contributed by atoms with Crippen molar-refractivity contribution in [1.82, 2.24) is 4.98 Å². The van der Waals surface area contributed by atoms with Crippen molar-refractivity contribution in [1.29, 1.82) is 0 Å². The van der Waals surface area contributed by atoms with Crippen LogP contribution in [0.25, 0.3) is 10.9 Å². The monoisotopic (exact) mass is 325 g/mol. The Balaban J connectivity index is 1.78. The van der Waals surface area contributed by atoms with E-state index in [1.807, 2.05) is 37.3 Å². The third-order valence-electron chi connectivity index (χ3n) is 3.61. The number of carbonyl (C=O) groups is 1. The van der Waals surface area contributed by atoms with E-state index < -0.39 is 0 Å². The number of nitrogens with two attached hydrogens (primary N) is 1. The Morgan fingerprint density at radius 3 is 2.83 bits per heavy atom. The number of pyridine rings is 1. The second-order valence-electron chi connectivity index (χ2n) is 5.41. The number of aromatic nitrogens is 1. The van der Waals surface area contributed by atoms with Gasteiger partial charge in [0.2, 0.25) is 5.91 Å². The van der Waals surface area contributed by atoms with E-state index >= 15 is 0 Å². The average Bonchev–Trinajstić information content (AvgIpc) is 2.51. The minimum atomic E-state index is -0.128. The average molecular weight is 326 g/mol. The van der Waals surface area contributed by atoms with Gasteiger partial charge >= 0.3 is 0 Å². The van der Waals surface area contributed by atoms with Crippen molar-refractivity contribution in [3.05, 3.63) is 64.8 Å². The van der Waals surface area contributed by atoms with E-state index in [2.05, 4.69) is 10.3 Å². The zero-order chi connectivity index (χ0) is 16.4. The van der Waals surface area contributed by atoms with Gasteiger partial charge < -0.3 is 11.1 Å². The quantitative estimate of drug-likeness (QED) is 0.716.